The summed E-state index contributed by atoms with van der Waals surface area (Å²) in [5, 5.41) is 17.9. The molecule has 5 heteroatoms. The molecular weight excluding hydrogens is 215 g/mol. The first-order valence-corrected chi connectivity index (χ1v) is 4.15. The standard InChI is InChI=1S/C8H6Cl2O3/c9-5-1-2-6(11)8(10)4(5)3-7(12)13/h1-2,11H,3H2,(H,12,13). The fourth-order valence-electron chi connectivity index (χ4n) is 0.899. The number of halogens is 2. The smallest absolute Gasteiger partial charge is 0.307 e. The number of benzene rings is 1. The first kappa shape index (κ1) is 10.2. The molecule has 0 aliphatic carbocycles. The molecular formula is C8H6Cl2O3. The van der Waals surface area contributed by atoms with Gasteiger partial charge in [0.1, 0.15) is 5.75 Å². The van der Waals surface area contributed by atoms with Crippen molar-refractivity contribution in [2.75, 3.05) is 0 Å². The van der Waals surface area contributed by atoms with Crippen molar-refractivity contribution < 1.29 is 15.0 Å². The highest BCUT2D eigenvalue weighted by Crippen LogP contribution is 2.32. The highest BCUT2D eigenvalue weighted by Gasteiger charge is 2.12. The Morgan fingerprint density at radius 2 is 2.00 bits per heavy atom. The lowest BCUT2D eigenvalue weighted by Crippen LogP contribution is -2.01. The van der Waals surface area contributed by atoms with Gasteiger partial charge < -0.3 is 10.2 Å². The average molecular weight is 221 g/mol. The Morgan fingerprint density at radius 3 is 2.54 bits per heavy atom. The minimum absolute atomic E-state index is 0.00472. The van der Waals surface area contributed by atoms with Crippen LogP contribution < -0.4 is 0 Å². The molecule has 1 rings (SSSR count). The summed E-state index contributed by atoms with van der Waals surface area (Å²) in [6.45, 7) is 0. The first-order valence-electron chi connectivity index (χ1n) is 3.40. The van der Waals surface area contributed by atoms with Crippen LogP contribution in [-0.4, -0.2) is 16.2 Å². The molecule has 0 amide bonds. The first-order chi connectivity index (χ1) is 6.02. The largest absolute Gasteiger partial charge is 0.506 e. The predicted molar refractivity (Wildman–Crippen MR) is 49.5 cm³/mol. The zero-order chi connectivity index (χ0) is 10.0. The Kier molecular flexibility index (Phi) is 3.01. The molecule has 0 bridgehead atoms. The maximum atomic E-state index is 10.4. The van der Waals surface area contributed by atoms with Gasteiger partial charge in [0.2, 0.25) is 0 Å². The molecule has 0 spiro atoms. The van der Waals surface area contributed by atoms with E-state index in [1.807, 2.05) is 0 Å². The lowest BCUT2D eigenvalue weighted by atomic mass is 10.1. The quantitative estimate of drug-likeness (QED) is 0.805. The SMILES string of the molecule is O=C(O)Cc1c(Cl)ccc(O)c1Cl. The zero-order valence-corrected chi connectivity index (χ0v) is 7.93. The van der Waals surface area contributed by atoms with Crippen molar-refractivity contribution in [2.24, 2.45) is 0 Å². The second kappa shape index (κ2) is 3.85. The van der Waals surface area contributed by atoms with E-state index in [9.17, 15) is 4.79 Å². The molecule has 0 heterocycles. The van der Waals surface area contributed by atoms with E-state index in [2.05, 4.69) is 0 Å². The van der Waals surface area contributed by atoms with Crippen molar-refractivity contribution in [1.29, 1.82) is 0 Å². The second-order valence-electron chi connectivity index (χ2n) is 2.43. The molecule has 1 aromatic carbocycles. The summed E-state index contributed by atoms with van der Waals surface area (Å²) < 4.78 is 0. The van der Waals surface area contributed by atoms with Crippen LogP contribution in [0.3, 0.4) is 0 Å². The molecule has 0 saturated carbocycles. The number of aromatic hydroxyl groups is 1. The molecule has 0 fully saturated rings. The van der Waals surface area contributed by atoms with Gasteiger partial charge in [-0.1, -0.05) is 23.2 Å². The lowest BCUT2D eigenvalue weighted by molar-refractivity contribution is -0.136. The molecule has 13 heavy (non-hydrogen) atoms. The molecule has 0 aromatic heterocycles. The van der Waals surface area contributed by atoms with Crippen molar-refractivity contribution in [3.05, 3.63) is 27.7 Å². The number of hydrogen-bond acceptors (Lipinski definition) is 2. The third kappa shape index (κ3) is 2.26. The van der Waals surface area contributed by atoms with Crippen molar-refractivity contribution >= 4 is 29.2 Å². The minimum atomic E-state index is -1.05. The number of aliphatic carboxylic acids is 1. The molecule has 0 saturated heterocycles. The highest BCUT2D eigenvalue weighted by molar-refractivity contribution is 6.37. The van der Waals surface area contributed by atoms with Crippen LogP contribution in [0.1, 0.15) is 5.56 Å². The van der Waals surface area contributed by atoms with Crippen molar-refractivity contribution in [3.63, 3.8) is 0 Å². The Morgan fingerprint density at radius 1 is 1.38 bits per heavy atom. The summed E-state index contributed by atoms with van der Waals surface area (Å²) in [4.78, 5) is 10.4. The Balaban J connectivity index is 3.17. The average Bonchev–Trinajstić information content (AvgIpc) is 2.05. The fraction of sp³-hybridized carbons (Fsp3) is 0.125. The van der Waals surface area contributed by atoms with E-state index < -0.39 is 5.97 Å². The summed E-state index contributed by atoms with van der Waals surface area (Å²) in [6.07, 6.45) is -0.300. The van der Waals surface area contributed by atoms with Crippen LogP contribution in [0.5, 0.6) is 5.75 Å². The number of carbonyl (C=O) groups is 1. The molecule has 0 aliphatic rings. The van der Waals surface area contributed by atoms with Gasteiger partial charge in [0, 0.05) is 10.6 Å². The van der Waals surface area contributed by atoms with E-state index in [-0.39, 0.29) is 27.8 Å². The van der Waals surface area contributed by atoms with E-state index in [0.29, 0.717) is 0 Å². The Labute approximate surface area is 84.5 Å². The summed E-state index contributed by atoms with van der Waals surface area (Å²) in [5.74, 6) is -1.21. The van der Waals surface area contributed by atoms with Crippen LogP contribution in [0.15, 0.2) is 12.1 Å². The number of phenolic OH excluding ortho intramolecular Hbond substituents is 1. The van der Waals surface area contributed by atoms with Crippen LogP contribution in [0.25, 0.3) is 0 Å². The zero-order valence-electron chi connectivity index (χ0n) is 6.42. The Bertz CT molecular complexity index is 349. The molecule has 0 atom stereocenters. The van der Waals surface area contributed by atoms with Gasteiger partial charge in [0.25, 0.3) is 0 Å². The highest BCUT2D eigenvalue weighted by atomic mass is 35.5. The summed E-state index contributed by atoms with van der Waals surface area (Å²) >= 11 is 11.3. The van der Waals surface area contributed by atoms with E-state index in [0.717, 1.165) is 0 Å². The van der Waals surface area contributed by atoms with E-state index >= 15 is 0 Å². The van der Waals surface area contributed by atoms with Gasteiger partial charge in [-0.05, 0) is 12.1 Å². The summed E-state index contributed by atoms with van der Waals surface area (Å²) in [6, 6.07) is 2.72. The fourth-order valence-corrected chi connectivity index (χ4v) is 1.40. The third-order valence-electron chi connectivity index (χ3n) is 1.49. The van der Waals surface area contributed by atoms with Gasteiger partial charge in [-0.2, -0.15) is 0 Å². The number of phenols is 1. The number of carboxylic acids is 1. The minimum Gasteiger partial charge on any atom is -0.506 e. The second-order valence-corrected chi connectivity index (χ2v) is 3.21. The van der Waals surface area contributed by atoms with Gasteiger partial charge in [-0.3, -0.25) is 4.79 Å². The lowest BCUT2D eigenvalue weighted by Gasteiger charge is -2.05. The van der Waals surface area contributed by atoms with Crippen LogP contribution in [0, 0.1) is 0 Å². The van der Waals surface area contributed by atoms with Crippen LogP contribution in [0.2, 0.25) is 10.0 Å². The topological polar surface area (TPSA) is 57.5 Å². The van der Waals surface area contributed by atoms with Gasteiger partial charge in [0.05, 0.1) is 11.4 Å². The molecule has 70 valence electrons. The molecule has 0 aliphatic heterocycles. The van der Waals surface area contributed by atoms with Crippen molar-refractivity contribution in [3.8, 4) is 5.75 Å². The summed E-state index contributed by atoms with van der Waals surface area (Å²) in [5.41, 5.74) is 0.232. The molecule has 2 N–H and O–H groups in total. The van der Waals surface area contributed by atoms with Crippen LogP contribution in [0.4, 0.5) is 0 Å². The van der Waals surface area contributed by atoms with Gasteiger partial charge >= 0.3 is 5.97 Å². The normalized spacial score (nSPS) is 10.0. The van der Waals surface area contributed by atoms with Crippen molar-refractivity contribution in [1.82, 2.24) is 0 Å². The molecule has 0 unspecified atom stereocenters. The van der Waals surface area contributed by atoms with E-state index in [1.54, 1.807) is 0 Å². The van der Waals surface area contributed by atoms with Gasteiger partial charge in [0.15, 0.2) is 0 Å². The predicted octanol–water partition coefficient (Wildman–Crippen LogP) is 2.33. The maximum absolute atomic E-state index is 10.4. The van der Waals surface area contributed by atoms with Crippen LogP contribution >= 0.6 is 23.2 Å². The van der Waals surface area contributed by atoms with Crippen LogP contribution in [-0.2, 0) is 11.2 Å². The van der Waals surface area contributed by atoms with Gasteiger partial charge in [-0.15, -0.1) is 0 Å². The maximum Gasteiger partial charge on any atom is 0.307 e. The van der Waals surface area contributed by atoms with E-state index in [4.69, 9.17) is 33.4 Å². The molecule has 3 nitrogen and oxygen atoms in total. The molecule has 0 radical (unpaired) electrons. The van der Waals surface area contributed by atoms with Crippen molar-refractivity contribution in [2.45, 2.75) is 6.42 Å². The van der Waals surface area contributed by atoms with E-state index in [1.165, 1.54) is 12.1 Å². The van der Waals surface area contributed by atoms with Gasteiger partial charge in [-0.25, -0.2) is 0 Å². The molecule has 1 aromatic rings. The number of hydrogen-bond donors (Lipinski definition) is 2. The Hall–Kier alpha value is -0.930. The number of carboxylic acid groups (broad SMARTS) is 1. The number of rotatable bonds is 2. The summed E-state index contributed by atoms with van der Waals surface area (Å²) in [7, 11) is 0. The third-order valence-corrected chi connectivity index (χ3v) is 2.27. The monoisotopic (exact) mass is 220 g/mol.